The Kier molecular flexibility index (Phi) is 5.90. The Balaban J connectivity index is 1.25. The topological polar surface area (TPSA) is 84.0 Å². The lowest BCUT2D eigenvalue weighted by atomic mass is 9.81. The number of rotatable bonds is 4. The van der Waals surface area contributed by atoms with E-state index in [2.05, 4.69) is 0 Å². The molecule has 3 amide bonds. The van der Waals surface area contributed by atoms with Gasteiger partial charge >= 0.3 is 5.97 Å². The van der Waals surface area contributed by atoms with E-state index in [1.165, 1.54) is 4.90 Å². The van der Waals surface area contributed by atoms with Crippen molar-refractivity contribution < 1.29 is 23.9 Å². The summed E-state index contributed by atoms with van der Waals surface area (Å²) in [5, 5.41) is 0.561. The molecular formula is C26H25ClN2O5. The molecule has 3 aliphatic rings. The van der Waals surface area contributed by atoms with Gasteiger partial charge in [0.15, 0.2) is 0 Å². The predicted octanol–water partition coefficient (Wildman–Crippen LogP) is 4.29. The molecule has 176 valence electrons. The molecule has 1 saturated carbocycles. The molecule has 0 unspecified atom stereocenters. The number of ether oxygens (including phenoxy) is 1. The quantitative estimate of drug-likeness (QED) is 0.370. The molecule has 0 aromatic heterocycles. The van der Waals surface area contributed by atoms with Gasteiger partial charge in [-0.25, -0.2) is 0 Å². The highest BCUT2D eigenvalue weighted by molar-refractivity contribution is 6.31. The molecule has 0 radical (unpaired) electrons. The Morgan fingerprint density at radius 1 is 0.971 bits per heavy atom. The highest BCUT2D eigenvalue weighted by Crippen LogP contribution is 2.40. The number of nitrogens with zero attached hydrogens (tertiary/aromatic N) is 2. The molecule has 1 aliphatic carbocycles. The molecule has 2 saturated heterocycles. The largest absolute Gasteiger partial charge is 0.426 e. The average molecular weight is 481 g/mol. The van der Waals surface area contributed by atoms with Crippen LogP contribution in [0.25, 0.3) is 0 Å². The van der Waals surface area contributed by atoms with E-state index in [1.807, 2.05) is 13.0 Å². The van der Waals surface area contributed by atoms with E-state index >= 15 is 0 Å². The van der Waals surface area contributed by atoms with Gasteiger partial charge in [-0.2, -0.15) is 0 Å². The first-order valence-electron chi connectivity index (χ1n) is 11.6. The Labute approximate surface area is 202 Å². The number of carbonyl (C=O) groups excluding carboxylic acids is 4. The fraction of sp³-hybridized carbons (Fsp3) is 0.385. The Morgan fingerprint density at radius 2 is 1.62 bits per heavy atom. The lowest BCUT2D eigenvalue weighted by Gasteiger charge is -2.19. The van der Waals surface area contributed by atoms with Crippen molar-refractivity contribution in [1.82, 2.24) is 0 Å². The second-order valence-electron chi connectivity index (χ2n) is 9.21. The van der Waals surface area contributed by atoms with Crippen LogP contribution in [0.4, 0.5) is 11.4 Å². The Morgan fingerprint density at radius 3 is 2.26 bits per heavy atom. The lowest BCUT2D eigenvalue weighted by Crippen LogP contribution is -2.30. The molecule has 2 aromatic carbocycles. The van der Waals surface area contributed by atoms with Crippen molar-refractivity contribution in [2.45, 2.75) is 39.0 Å². The smallest absolute Gasteiger partial charge is 0.316 e. The number of esters is 1. The van der Waals surface area contributed by atoms with Gasteiger partial charge < -0.3 is 9.64 Å². The molecular weight excluding hydrogens is 456 g/mol. The summed E-state index contributed by atoms with van der Waals surface area (Å²) in [6.45, 7) is 2.05. The molecule has 3 fully saturated rings. The van der Waals surface area contributed by atoms with Gasteiger partial charge in [0.2, 0.25) is 17.7 Å². The first kappa shape index (κ1) is 22.6. The Hall–Kier alpha value is -3.19. The van der Waals surface area contributed by atoms with Crippen LogP contribution in [0, 0.1) is 24.7 Å². The minimum absolute atomic E-state index is 0.0580. The molecule has 3 atom stereocenters. The molecule has 2 aromatic rings. The van der Waals surface area contributed by atoms with E-state index in [9.17, 15) is 19.2 Å². The van der Waals surface area contributed by atoms with Crippen LogP contribution in [0.5, 0.6) is 5.75 Å². The number of hydrogen-bond acceptors (Lipinski definition) is 5. The summed E-state index contributed by atoms with van der Waals surface area (Å²) in [6.07, 6.45) is 3.52. The molecule has 0 spiro atoms. The van der Waals surface area contributed by atoms with E-state index in [0.717, 1.165) is 31.2 Å². The monoisotopic (exact) mass is 480 g/mol. The van der Waals surface area contributed by atoms with Crippen LogP contribution in [0.3, 0.4) is 0 Å². The highest BCUT2D eigenvalue weighted by atomic mass is 35.5. The van der Waals surface area contributed by atoms with Gasteiger partial charge in [-0.05, 0) is 61.7 Å². The first-order valence-corrected chi connectivity index (χ1v) is 12.0. The van der Waals surface area contributed by atoms with E-state index in [-0.39, 0.29) is 42.5 Å². The maximum atomic E-state index is 12.8. The molecule has 0 N–H and O–H groups in total. The van der Waals surface area contributed by atoms with Crippen LogP contribution in [0.2, 0.25) is 5.02 Å². The van der Waals surface area contributed by atoms with Crippen LogP contribution in [-0.4, -0.2) is 30.2 Å². The van der Waals surface area contributed by atoms with E-state index in [0.29, 0.717) is 22.1 Å². The SMILES string of the molecule is Cc1c(Cl)cccc1N1C[C@H](C(=O)Oc2ccc(N3C(=O)[C@@H]4CCCC[C@H]4C3=O)cc2)CC1=O. The standard InChI is InChI=1S/C26H25ClN2O5/c1-15-21(27)7-4-8-22(15)28-14-16(13-23(28)30)26(33)34-18-11-9-17(10-12-18)29-24(31)19-5-2-3-6-20(19)25(29)32/h4,7-12,16,19-20H,2-3,5-6,13-14H2,1H3/t16-,19-,20-/m1/s1. The average Bonchev–Trinajstić information content (AvgIpc) is 3.34. The molecule has 7 nitrogen and oxygen atoms in total. The van der Waals surface area contributed by atoms with Gasteiger partial charge in [0.25, 0.3) is 0 Å². The third kappa shape index (κ3) is 3.88. The van der Waals surface area contributed by atoms with Gasteiger partial charge in [-0.3, -0.25) is 24.1 Å². The number of amides is 3. The number of halogens is 1. The van der Waals surface area contributed by atoms with Crippen LogP contribution in [0.1, 0.15) is 37.7 Å². The summed E-state index contributed by atoms with van der Waals surface area (Å²) < 4.78 is 5.52. The number of carbonyl (C=O) groups is 4. The third-order valence-corrected chi connectivity index (χ3v) is 7.55. The number of fused-ring (bicyclic) bond motifs is 1. The van der Waals surface area contributed by atoms with Crippen molar-refractivity contribution in [3.05, 3.63) is 53.1 Å². The Bertz CT molecular complexity index is 1150. The summed E-state index contributed by atoms with van der Waals surface area (Å²) in [7, 11) is 0. The maximum Gasteiger partial charge on any atom is 0.316 e. The van der Waals surface area contributed by atoms with Crippen LogP contribution in [-0.2, 0) is 19.2 Å². The zero-order valence-electron chi connectivity index (χ0n) is 18.8. The fourth-order valence-electron chi connectivity index (χ4n) is 5.27. The second-order valence-corrected chi connectivity index (χ2v) is 9.62. The van der Waals surface area contributed by atoms with Gasteiger partial charge in [-0.1, -0.05) is 30.5 Å². The van der Waals surface area contributed by atoms with Crippen molar-refractivity contribution in [3.8, 4) is 5.75 Å². The second kappa shape index (κ2) is 8.87. The van der Waals surface area contributed by atoms with Crippen molar-refractivity contribution in [2.75, 3.05) is 16.3 Å². The summed E-state index contributed by atoms with van der Waals surface area (Å²) in [6, 6.07) is 11.7. The van der Waals surface area contributed by atoms with Crippen LogP contribution < -0.4 is 14.5 Å². The maximum absolute atomic E-state index is 12.8. The van der Waals surface area contributed by atoms with Gasteiger partial charge in [0.1, 0.15) is 5.75 Å². The highest BCUT2D eigenvalue weighted by Gasteiger charge is 2.48. The molecule has 34 heavy (non-hydrogen) atoms. The summed E-state index contributed by atoms with van der Waals surface area (Å²) in [5.74, 6) is -1.67. The molecule has 8 heteroatoms. The predicted molar refractivity (Wildman–Crippen MR) is 127 cm³/mol. The molecule has 2 heterocycles. The number of anilines is 2. The summed E-state index contributed by atoms with van der Waals surface area (Å²) >= 11 is 6.18. The molecule has 5 rings (SSSR count). The summed E-state index contributed by atoms with van der Waals surface area (Å²) in [5.41, 5.74) is 1.97. The van der Waals surface area contributed by atoms with Crippen molar-refractivity contribution in [1.29, 1.82) is 0 Å². The minimum atomic E-state index is -0.601. The number of hydrogen-bond donors (Lipinski definition) is 0. The van der Waals surface area contributed by atoms with Crippen LogP contribution >= 0.6 is 11.6 Å². The van der Waals surface area contributed by atoms with E-state index in [4.69, 9.17) is 16.3 Å². The first-order chi connectivity index (χ1) is 16.3. The van der Waals surface area contributed by atoms with Crippen LogP contribution in [0.15, 0.2) is 42.5 Å². The zero-order valence-corrected chi connectivity index (χ0v) is 19.6. The van der Waals surface area contributed by atoms with Gasteiger partial charge in [0.05, 0.1) is 23.4 Å². The van der Waals surface area contributed by atoms with Crippen molar-refractivity contribution in [2.24, 2.45) is 17.8 Å². The van der Waals surface area contributed by atoms with Crippen molar-refractivity contribution in [3.63, 3.8) is 0 Å². The van der Waals surface area contributed by atoms with E-state index < -0.39 is 11.9 Å². The molecule has 0 bridgehead atoms. The van der Waals surface area contributed by atoms with Crippen molar-refractivity contribution >= 4 is 46.7 Å². The molecule has 2 aliphatic heterocycles. The zero-order chi connectivity index (χ0) is 24.0. The normalized spacial score (nSPS) is 24.5. The fourth-order valence-corrected chi connectivity index (χ4v) is 5.44. The number of imide groups is 1. The minimum Gasteiger partial charge on any atom is -0.426 e. The number of benzene rings is 2. The third-order valence-electron chi connectivity index (χ3n) is 7.14. The van der Waals surface area contributed by atoms with Gasteiger partial charge in [0, 0.05) is 23.7 Å². The van der Waals surface area contributed by atoms with Gasteiger partial charge in [-0.15, -0.1) is 0 Å². The lowest BCUT2D eigenvalue weighted by molar-refractivity contribution is -0.139. The van der Waals surface area contributed by atoms with E-state index in [1.54, 1.807) is 41.3 Å². The summed E-state index contributed by atoms with van der Waals surface area (Å²) in [4.78, 5) is 53.7.